The number of guanidine groups is 1. The number of nitrogens with zero attached hydrogens (tertiary/aromatic N) is 2. The molecule has 2 fully saturated rings. The van der Waals surface area contributed by atoms with Gasteiger partial charge in [0.05, 0.1) is 39.1 Å². The molecule has 2 aliphatic rings. The van der Waals surface area contributed by atoms with Crippen molar-refractivity contribution in [2.24, 2.45) is 4.99 Å². The van der Waals surface area contributed by atoms with E-state index in [0.29, 0.717) is 19.3 Å². The zero-order chi connectivity index (χ0) is 21.9. The van der Waals surface area contributed by atoms with Crippen LogP contribution in [0.15, 0.2) is 23.2 Å². The number of halogens is 1. The predicted octanol–water partition coefficient (Wildman–Crippen LogP) is 4.23. The fourth-order valence-electron chi connectivity index (χ4n) is 4.10. The number of aliphatic imine (C=N–C) groups is 1. The Hall–Kier alpha value is -1.26. The van der Waals surface area contributed by atoms with Crippen LogP contribution in [0, 0.1) is 0 Å². The Labute approximate surface area is 210 Å². The van der Waals surface area contributed by atoms with Crippen LogP contribution in [0.3, 0.4) is 0 Å². The van der Waals surface area contributed by atoms with E-state index in [9.17, 15) is 0 Å². The molecule has 2 saturated heterocycles. The van der Waals surface area contributed by atoms with Gasteiger partial charge < -0.3 is 29.2 Å². The lowest BCUT2D eigenvalue weighted by Crippen LogP contribution is -2.47. The molecule has 0 radical (unpaired) electrons. The molecule has 3 rings (SSSR count). The summed E-state index contributed by atoms with van der Waals surface area (Å²) in [6.45, 7) is 9.66. The minimum atomic E-state index is 0. The number of hydrogen-bond acceptors (Lipinski definition) is 5. The molecular formula is C24H40IN3O4. The van der Waals surface area contributed by atoms with Gasteiger partial charge in [0, 0.05) is 26.2 Å². The summed E-state index contributed by atoms with van der Waals surface area (Å²) in [6.07, 6.45) is 6.23. The van der Waals surface area contributed by atoms with Crippen molar-refractivity contribution < 1.29 is 18.9 Å². The zero-order valence-corrected chi connectivity index (χ0v) is 22.1. The highest BCUT2D eigenvalue weighted by Gasteiger charge is 2.23. The molecule has 0 aliphatic carbocycles. The van der Waals surface area contributed by atoms with E-state index in [1.807, 2.05) is 25.1 Å². The van der Waals surface area contributed by atoms with E-state index in [1.54, 1.807) is 7.11 Å². The smallest absolute Gasteiger partial charge is 0.194 e. The van der Waals surface area contributed by atoms with Crippen molar-refractivity contribution in [2.45, 2.75) is 64.7 Å². The minimum absolute atomic E-state index is 0. The van der Waals surface area contributed by atoms with Crippen LogP contribution in [0.5, 0.6) is 11.5 Å². The van der Waals surface area contributed by atoms with Gasteiger partial charge in [-0.05, 0) is 63.6 Å². The summed E-state index contributed by atoms with van der Waals surface area (Å²) in [7, 11) is 1.66. The first-order chi connectivity index (χ1) is 15.2. The number of nitrogens with one attached hydrogen (secondary N) is 1. The van der Waals surface area contributed by atoms with Crippen LogP contribution < -0.4 is 14.8 Å². The second-order valence-corrected chi connectivity index (χ2v) is 8.10. The van der Waals surface area contributed by atoms with Crippen molar-refractivity contribution in [3.63, 3.8) is 0 Å². The Bertz CT molecular complexity index is 690. The van der Waals surface area contributed by atoms with Gasteiger partial charge >= 0.3 is 0 Å². The Morgan fingerprint density at radius 3 is 2.62 bits per heavy atom. The van der Waals surface area contributed by atoms with Crippen LogP contribution in [-0.2, 0) is 16.0 Å². The highest BCUT2D eigenvalue weighted by atomic mass is 127. The van der Waals surface area contributed by atoms with E-state index in [0.717, 1.165) is 75.1 Å². The van der Waals surface area contributed by atoms with Crippen molar-refractivity contribution in [2.75, 3.05) is 46.6 Å². The lowest BCUT2D eigenvalue weighted by Gasteiger charge is -2.35. The first-order valence-corrected chi connectivity index (χ1v) is 11.8. The van der Waals surface area contributed by atoms with Crippen LogP contribution in [0.1, 0.15) is 51.5 Å². The topological polar surface area (TPSA) is 64.6 Å². The minimum Gasteiger partial charge on any atom is -0.493 e. The molecule has 1 atom stereocenters. The summed E-state index contributed by atoms with van der Waals surface area (Å²) in [5, 5.41) is 3.44. The molecule has 0 aromatic heterocycles. The first kappa shape index (κ1) is 27.0. The molecular weight excluding hydrogens is 521 g/mol. The lowest BCUT2D eigenvalue weighted by atomic mass is 10.1. The van der Waals surface area contributed by atoms with Crippen molar-refractivity contribution in [1.29, 1.82) is 0 Å². The number of rotatable bonds is 9. The van der Waals surface area contributed by atoms with Crippen molar-refractivity contribution in [3.8, 4) is 11.5 Å². The summed E-state index contributed by atoms with van der Waals surface area (Å²) in [5.41, 5.74) is 1.10. The van der Waals surface area contributed by atoms with E-state index in [4.69, 9.17) is 23.9 Å². The number of benzene rings is 1. The molecule has 1 aromatic rings. The van der Waals surface area contributed by atoms with E-state index >= 15 is 0 Å². The van der Waals surface area contributed by atoms with E-state index in [2.05, 4.69) is 17.1 Å². The van der Waals surface area contributed by atoms with Gasteiger partial charge in [-0.15, -0.1) is 24.0 Å². The molecule has 0 bridgehead atoms. The SMILES string of the molecule is CCNC(=NCc1ccc(OC)c(OCC)c1)N1CCC(OCC2CCCCO2)CC1.I. The highest BCUT2D eigenvalue weighted by molar-refractivity contribution is 14.0. The molecule has 1 unspecified atom stereocenters. The maximum absolute atomic E-state index is 6.16. The number of piperidine rings is 1. The summed E-state index contributed by atoms with van der Waals surface area (Å²) >= 11 is 0. The standard InChI is InChI=1S/C24H39N3O4.HI/c1-4-25-24(26-17-19-9-10-22(28-3)23(16-19)29-5-2)27-13-11-20(12-14-27)31-18-21-8-6-7-15-30-21;/h9-10,16,20-21H,4-8,11-15,17-18H2,1-3H3,(H,25,26);1H. The summed E-state index contributed by atoms with van der Waals surface area (Å²) in [5.74, 6) is 2.48. The van der Waals surface area contributed by atoms with Gasteiger partial charge in [0.15, 0.2) is 17.5 Å². The number of ether oxygens (including phenoxy) is 4. The van der Waals surface area contributed by atoms with Crippen LogP contribution in [-0.4, -0.2) is 69.6 Å². The lowest BCUT2D eigenvalue weighted by molar-refractivity contribution is -0.0721. The molecule has 1 N–H and O–H groups in total. The number of likely N-dealkylation sites (tertiary alicyclic amines) is 1. The highest BCUT2D eigenvalue weighted by Crippen LogP contribution is 2.28. The quantitative estimate of drug-likeness (QED) is 0.277. The van der Waals surface area contributed by atoms with Gasteiger partial charge in [-0.2, -0.15) is 0 Å². The largest absolute Gasteiger partial charge is 0.493 e. The third kappa shape index (κ3) is 8.26. The monoisotopic (exact) mass is 561 g/mol. The molecule has 1 aromatic carbocycles. The second kappa shape index (κ2) is 14.8. The van der Waals surface area contributed by atoms with Crippen molar-refractivity contribution in [3.05, 3.63) is 23.8 Å². The van der Waals surface area contributed by atoms with Crippen molar-refractivity contribution in [1.82, 2.24) is 10.2 Å². The Kier molecular flexibility index (Phi) is 12.5. The molecule has 2 aliphatic heterocycles. The van der Waals surface area contributed by atoms with Crippen LogP contribution in [0.2, 0.25) is 0 Å². The molecule has 0 saturated carbocycles. The zero-order valence-electron chi connectivity index (χ0n) is 19.8. The van der Waals surface area contributed by atoms with E-state index in [-0.39, 0.29) is 30.1 Å². The van der Waals surface area contributed by atoms with Crippen LogP contribution in [0.4, 0.5) is 0 Å². The molecule has 32 heavy (non-hydrogen) atoms. The normalized spacial score (nSPS) is 19.9. The Morgan fingerprint density at radius 2 is 1.97 bits per heavy atom. The Morgan fingerprint density at radius 1 is 1.16 bits per heavy atom. The molecule has 182 valence electrons. The fraction of sp³-hybridized carbons (Fsp3) is 0.708. The van der Waals surface area contributed by atoms with Gasteiger partial charge in [0.2, 0.25) is 0 Å². The molecule has 0 spiro atoms. The van der Waals surface area contributed by atoms with Crippen LogP contribution in [0.25, 0.3) is 0 Å². The second-order valence-electron chi connectivity index (χ2n) is 8.10. The van der Waals surface area contributed by atoms with E-state index < -0.39 is 0 Å². The number of methoxy groups -OCH3 is 1. The summed E-state index contributed by atoms with van der Waals surface area (Å²) in [6, 6.07) is 6.01. The third-order valence-corrected chi connectivity index (χ3v) is 5.81. The average molecular weight is 562 g/mol. The predicted molar refractivity (Wildman–Crippen MR) is 139 cm³/mol. The van der Waals surface area contributed by atoms with Gasteiger partial charge in [-0.25, -0.2) is 4.99 Å². The maximum atomic E-state index is 6.16. The van der Waals surface area contributed by atoms with Gasteiger partial charge in [0.1, 0.15) is 0 Å². The van der Waals surface area contributed by atoms with Crippen LogP contribution >= 0.6 is 24.0 Å². The van der Waals surface area contributed by atoms with Gasteiger partial charge in [-0.3, -0.25) is 0 Å². The fourth-order valence-corrected chi connectivity index (χ4v) is 4.10. The summed E-state index contributed by atoms with van der Waals surface area (Å²) in [4.78, 5) is 7.22. The third-order valence-electron chi connectivity index (χ3n) is 5.81. The van der Waals surface area contributed by atoms with Crippen molar-refractivity contribution >= 4 is 29.9 Å². The maximum Gasteiger partial charge on any atom is 0.194 e. The van der Waals surface area contributed by atoms with E-state index in [1.165, 1.54) is 12.8 Å². The average Bonchev–Trinajstić information content (AvgIpc) is 2.82. The molecule has 0 amide bonds. The summed E-state index contributed by atoms with van der Waals surface area (Å²) < 4.78 is 23.0. The molecule has 8 heteroatoms. The first-order valence-electron chi connectivity index (χ1n) is 11.8. The number of hydrogen-bond donors (Lipinski definition) is 1. The molecule has 7 nitrogen and oxygen atoms in total. The van der Waals surface area contributed by atoms with Gasteiger partial charge in [-0.1, -0.05) is 6.07 Å². The van der Waals surface area contributed by atoms with Gasteiger partial charge in [0.25, 0.3) is 0 Å². The Balaban J connectivity index is 0.00000363. The molecule has 2 heterocycles.